The highest BCUT2D eigenvalue weighted by Gasteiger charge is 2.24. The molecule has 0 fully saturated rings. The van der Waals surface area contributed by atoms with Crippen molar-refractivity contribution in [1.29, 1.82) is 0 Å². The topological polar surface area (TPSA) is 23.5 Å². The van der Waals surface area contributed by atoms with Crippen LogP contribution in [0.4, 0.5) is 0 Å². The lowest BCUT2D eigenvalue weighted by molar-refractivity contribution is 0.431. The number of hydrogen-bond acceptors (Lipinski definition) is 2. The molecule has 0 aliphatic heterocycles. The van der Waals surface area contributed by atoms with E-state index in [1.807, 2.05) is 24.3 Å². The van der Waals surface area contributed by atoms with Crippen LogP contribution in [-0.2, 0) is 0 Å². The molecular formula is C22H26ClNO. The molecule has 1 aliphatic rings. The van der Waals surface area contributed by atoms with Gasteiger partial charge in [-0.2, -0.15) is 0 Å². The summed E-state index contributed by atoms with van der Waals surface area (Å²) in [5.74, 6) is 0.737. The van der Waals surface area contributed by atoms with E-state index in [4.69, 9.17) is 11.6 Å². The van der Waals surface area contributed by atoms with Gasteiger partial charge in [-0.05, 0) is 79.9 Å². The fourth-order valence-electron chi connectivity index (χ4n) is 3.83. The summed E-state index contributed by atoms with van der Waals surface area (Å²) in [7, 11) is 4.24. The molecule has 0 heterocycles. The smallest absolute Gasteiger partial charge is 0.116 e. The maximum absolute atomic E-state index is 9.95. The summed E-state index contributed by atoms with van der Waals surface area (Å²) in [6.07, 6.45) is 4.63. The molecule has 1 unspecified atom stereocenters. The molecule has 1 aliphatic carbocycles. The number of hydrogen-bond donors (Lipinski definition) is 1. The minimum absolute atomic E-state index is 0.335. The van der Waals surface area contributed by atoms with Crippen LogP contribution in [0.3, 0.4) is 0 Å². The highest BCUT2D eigenvalue weighted by Crippen LogP contribution is 2.41. The summed E-state index contributed by atoms with van der Waals surface area (Å²) in [6.45, 7) is 0.929. The van der Waals surface area contributed by atoms with Gasteiger partial charge in [0, 0.05) is 17.5 Å². The molecule has 2 nitrogen and oxygen atoms in total. The molecule has 0 aromatic heterocycles. The first-order valence-electron chi connectivity index (χ1n) is 8.96. The van der Waals surface area contributed by atoms with Gasteiger partial charge in [-0.15, -0.1) is 0 Å². The minimum atomic E-state index is 0.335. The monoisotopic (exact) mass is 355 g/mol. The molecule has 1 N–H and O–H groups in total. The van der Waals surface area contributed by atoms with Gasteiger partial charge in [0.25, 0.3) is 0 Å². The summed E-state index contributed by atoms with van der Waals surface area (Å²) < 4.78 is 0. The predicted octanol–water partition coefficient (Wildman–Crippen LogP) is 5.72. The SMILES string of the molecule is CN(C)CC1=C(c2cccc(O)c2)CCCCC1c1ccc(Cl)cc1. The van der Waals surface area contributed by atoms with Crippen molar-refractivity contribution < 1.29 is 5.11 Å². The average Bonchev–Trinajstić information content (AvgIpc) is 2.78. The minimum Gasteiger partial charge on any atom is -0.508 e. The van der Waals surface area contributed by atoms with Crippen LogP contribution < -0.4 is 0 Å². The molecule has 25 heavy (non-hydrogen) atoms. The van der Waals surface area contributed by atoms with Crippen LogP contribution >= 0.6 is 11.6 Å². The largest absolute Gasteiger partial charge is 0.508 e. The van der Waals surface area contributed by atoms with Gasteiger partial charge >= 0.3 is 0 Å². The molecule has 0 spiro atoms. The number of phenolic OH excluding ortho intramolecular Hbond substituents is 1. The predicted molar refractivity (Wildman–Crippen MR) is 106 cm³/mol. The second-order valence-electron chi connectivity index (χ2n) is 7.14. The number of allylic oxidation sites excluding steroid dienone is 1. The van der Waals surface area contributed by atoms with Crippen LogP contribution in [0.5, 0.6) is 5.75 Å². The van der Waals surface area contributed by atoms with Crippen molar-refractivity contribution in [3.8, 4) is 5.75 Å². The molecule has 2 aromatic rings. The first kappa shape index (κ1) is 18.0. The van der Waals surface area contributed by atoms with Crippen LogP contribution in [0.15, 0.2) is 54.1 Å². The zero-order valence-electron chi connectivity index (χ0n) is 15.0. The lowest BCUT2D eigenvalue weighted by Crippen LogP contribution is -2.20. The van der Waals surface area contributed by atoms with Crippen LogP contribution in [0.1, 0.15) is 42.7 Å². The van der Waals surface area contributed by atoms with Gasteiger partial charge in [-0.3, -0.25) is 0 Å². The lowest BCUT2D eigenvalue weighted by atomic mass is 9.84. The van der Waals surface area contributed by atoms with E-state index in [9.17, 15) is 5.11 Å². The van der Waals surface area contributed by atoms with E-state index in [-0.39, 0.29) is 0 Å². The van der Waals surface area contributed by atoms with Gasteiger partial charge in [0.05, 0.1) is 0 Å². The Labute approximate surface area is 155 Å². The van der Waals surface area contributed by atoms with Gasteiger partial charge < -0.3 is 10.0 Å². The van der Waals surface area contributed by atoms with E-state index in [1.165, 1.54) is 29.6 Å². The fraction of sp³-hybridized carbons (Fsp3) is 0.364. The van der Waals surface area contributed by atoms with Gasteiger partial charge in [-0.1, -0.05) is 42.3 Å². The molecule has 0 saturated carbocycles. The zero-order valence-corrected chi connectivity index (χ0v) is 15.8. The van der Waals surface area contributed by atoms with Crippen molar-refractivity contribution in [1.82, 2.24) is 4.90 Å². The van der Waals surface area contributed by atoms with E-state index in [0.717, 1.165) is 30.0 Å². The number of rotatable bonds is 4. The Morgan fingerprint density at radius 1 is 1.08 bits per heavy atom. The van der Waals surface area contributed by atoms with E-state index in [1.54, 1.807) is 6.07 Å². The molecular weight excluding hydrogens is 330 g/mol. The number of likely N-dealkylation sites (N-methyl/N-ethyl adjacent to an activating group) is 1. The van der Waals surface area contributed by atoms with Gasteiger partial charge in [0.2, 0.25) is 0 Å². The molecule has 0 amide bonds. The summed E-state index contributed by atoms with van der Waals surface area (Å²) in [6, 6.07) is 16.0. The molecule has 0 bridgehead atoms. The van der Waals surface area contributed by atoms with Gasteiger partial charge in [0.1, 0.15) is 5.75 Å². The van der Waals surface area contributed by atoms with Gasteiger partial charge in [0.15, 0.2) is 0 Å². The van der Waals surface area contributed by atoms with E-state index >= 15 is 0 Å². The Bertz CT molecular complexity index is 749. The molecule has 0 saturated heterocycles. The van der Waals surface area contributed by atoms with Crippen molar-refractivity contribution in [2.45, 2.75) is 31.6 Å². The van der Waals surface area contributed by atoms with Crippen molar-refractivity contribution >= 4 is 17.2 Å². The fourth-order valence-corrected chi connectivity index (χ4v) is 3.95. The highest BCUT2D eigenvalue weighted by molar-refractivity contribution is 6.30. The Hall–Kier alpha value is -1.77. The summed E-state index contributed by atoms with van der Waals surface area (Å²) in [5.41, 5.74) is 5.34. The third-order valence-electron chi connectivity index (χ3n) is 4.93. The highest BCUT2D eigenvalue weighted by atomic mass is 35.5. The third kappa shape index (κ3) is 4.45. The second-order valence-corrected chi connectivity index (χ2v) is 7.58. The number of benzene rings is 2. The van der Waals surface area contributed by atoms with Crippen molar-refractivity contribution in [2.75, 3.05) is 20.6 Å². The van der Waals surface area contributed by atoms with Crippen LogP contribution in [0, 0.1) is 0 Å². The average molecular weight is 356 g/mol. The standard InChI is InChI=1S/C22H26ClNO/c1-24(2)15-22-20(16-10-12-18(23)13-11-16)8-3-4-9-21(22)17-6-5-7-19(25)14-17/h5-7,10-14,20,25H,3-4,8-9,15H2,1-2H3. The maximum atomic E-state index is 9.95. The number of nitrogens with zero attached hydrogens (tertiary/aromatic N) is 1. The quantitative estimate of drug-likeness (QED) is 0.758. The summed E-state index contributed by atoms with van der Waals surface area (Å²) in [4.78, 5) is 2.24. The lowest BCUT2D eigenvalue weighted by Gasteiger charge is -2.25. The molecule has 2 aromatic carbocycles. The summed E-state index contributed by atoms with van der Waals surface area (Å²) >= 11 is 6.10. The van der Waals surface area contributed by atoms with Crippen molar-refractivity contribution in [3.63, 3.8) is 0 Å². The number of aromatic hydroxyl groups is 1. The zero-order chi connectivity index (χ0) is 17.8. The Morgan fingerprint density at radius 2 is 1.84 bits per heavy atom. The van der Waals surface area contributed by atoms with Crippen LogP contribution in [0.25, 0.3) is 5.57 Å². The van der Waals surface area contributed by atoms with Crippen LogP contribution in [0.2, 0.25) is 5.02 Å². The van der Waals surface area contributed by atoms with Crippen molar-refractivity contribution in [3.05, 3.63) is 70.3 Å². The first-order chi connectivity index (χ1) is 12.0. The van der Waals surface area contributed by atoms with E-state index in [0.29, 0.717) is 11.7 Å². The van der Waals surface area contributed by atoms with Crippen LogP contribution in [-0.4, -0.2) is 30.6 Å². The Balaban J connectivity index is 2.11. The first-order valence-corrected chi connectivity index (χ1v) is 9.34. The number of phenols is 1. The maximum Gasteiger partial charge on any atom is 0.116 e. The number of halogens is 1. The Morgan fingerprint density at radius 3 is 2.52 bits per heavy atom. The van der Waals surface area contributed by atoms with E-state index in [2.05, 4.69) is 37.2 Å². The van der Waals surface area contributed by atoms with Crippen molar-refractivity contribution in [2.24, 2.45) is 0 Å². The normalized spacial score (nSPS) is 18.5. The second kappa shape index (κ2) is 8.07. The molecule has 1 atom stereocenters. The van der Waals surface area contributed by atoms with E-state index < -0.39 is 0 Å². The Kier molecular flexibility index (Phi) is 5.82. The molecule has 3 rings (SSSR count). The molecule has 3 heteroatoms. The molecule has 0 radical (unpaired) electrons. The summed E-state index contributed by atoms with van der Waals surface area (Å²) in [5, 5.41) is 10.7. The molecule has 132 valence electrons. The third-order valence-corrected chi connectivity index (χ3v) is 5.18. The van der Waals surface area contributed by atoms with Gasteiger partial charge in [-0.25, -0.2) is 0 Å².